The molecular weight excluding hydrogens is 487 g/mol. The van der Waals surface area contributed by atoms with Gasteiger partial charge in [0.15, 0.2) is 24.8 Å². The SMILES string of the molecule is O=C(Nc1ccc[nH+]c1)OCCOC(=O)Nc1ccc[nH+]c1.[O-][Cl+3]([O-])([O-])[O-].[O-][Cl+3]([O-])([O-])[O-]. The summed E-state index contributed by atoms with van der Waals surface area (Å²) in [7, 11) is -9.89. The van der Waals surface area contributed by atoms with Crippen molar-refractivity contribution in [3.63, 3.8) is 0 Å². The summed E-state index contributed by atoms with van der Waals surface area (Å²) in [5, 5.41) is 5.03. The van der Waals surface area contributed by atoms with Crippen molar-refractivity contribution in [3.05, 3.63) is 49.1 Å². The van der Waals surface area contributed by atoms with Gasteiger partial charge in [-0.15, -0.1) is 20.5 Å². The van der Waals surface area contributed by atoms with Crippen LogP contribution >= 0.6 is 0 Å². The average molecular weight is 503 g/mol. The van der Waals surface area contributed by atoms with E-state index >= 15 is 0 Å². The maximum absolute atomic E-state index is 11.4. The molecular formula is C14H16Cl2N4O12. The minimum Gasteiger partial charge on any atom is -0.446 e. The minimum absolute atomic E-state index is 0.0449. The van der Waals surface area contributed by atoms with Crippen LogP contribution in [0, 0.1) is 20.5 Å². The molecule has 2 aromatic heterocycles. The fourth-order valence-corrected chi connectivity index (χ4v) is 1.52. The van der Waals surface area contributed by atoms with Crippen LogP contribution in [0.2, 0.25) is 0 Å². The van der Waals surface area contributed by atoms with E-state index in [0.29, 0.717) is 11.4 Å². The Kier molecular flexibility index (Phi) is 13.6. The Morgan fingerprint density at radius 1 is 0.719 bits per heavy atom. The van der Waals surface area contributed by atoms with Gasteiger partial charge in [0.25, 0.3) is 0 Å². The van der Waals surface area contributed by atoms with Gasteiger partial charge < -0.3 is 9.47 Å². The van der Waals surface area contributed by atoms with E-state index in [2.05, 4.69) is 20.6 Å². The highest BCUT2D eigenvalue weighted by Crippen LogP contribution is 2.02. The Labute approximate surface area is 183 Å². The number of pyridine rings is 2. The van der Waals surface area contributed by atoms with E-state index in [9.17, 15) is 9.59 Å². The fraction of sp³-hybridized carbons (Fsp3) is 0.143. The average Bonchev–Trinajstić information content (AvgIpc) is 2.64. The standard InChI is InChI=1S/C14H14N4O4.2ClHO4/c19-13(17-11-3-1-5-15-9-11)21-7-8-22-14(20)18-12-4-2-6-16-10-12;2*2-1(3,4)5/h1-6,9-10H,7-8H2,(H,17,19)(H,18,20);2*(H,2,3,4,5). The molecule has 2 heterocycles. The highest BCUT2D eigenvalue weighted by atomic mass is 35.7. The molecule has 2 aromatic rings. The van der Waals surface area contributed by atoms with Crippen molar-refractivity contribution >= 4 is 23.6 Å². The van der Waals surface area contributed by atoms with Gasteiger partial charge in [-0.1, -0.05) is 0 Å². The smallest absolute Gasteiger partial charge is 0.411 e. The lowest BCUT2D eigenvalue weighted by molar-refractivity contribution is -2.00. The molecule has 0 spiro atoms. The predicted molar refractivity (Wildman–Crippen MR) is 75.9 cm³/mol. The second-order valence-corrected chi connectivity index (χ2v) is 6.37. The van der Waals surface area contributed by atoms with Gasteiger partial charge in [0, 0.05) is 12.1 Å². The molecule has 0 bridgehead atoms. The maximum atomic E-state index is 11.4. The molecule has 0 fully saturated rings. The molecule has 0 saturated carbocycles. The van der Waals surface area contributed by atoms with Gasteiger partial charge in [0.05, 0.1) is 0 Å². The summed E-state index contributed by atoms with van der Waals surface area (Å²) >= 11 is 0. The zero-order valence-electron chi connectivity index (χ0n) is 15.7. The Morgan fingerprint density at radius 2 is 1.03 bits per heavy atom. The van der Waals surface area contributed by atoms with Crippen LogP contribution in [0.1, 0.15) is 0 Å². The number of carbonyl (C=O) groups is 2. The Hall–Kier alpha value is -2.90. The summed E-state index contributed by atoms with van der Waals surface area (Å²) in [5.74, 6) is 0. The second-order valence-electron chi connectivity index (χ2n) is 4.86. The minimum atomic E-state index is -4.94. The van der Waals surface area contributed by atoms with Crippen LogP contribution < -0.4 is 57.9 Å². The Morgan fingerprint density at radius 3 is 1.28 bits per heavy atom. The van der Waals surface area contributed by atoms with Crippen molar-refractivity contribution in [3.8, 4) is 0 Å². The number of hydrogen-bond donors (Lipinski definition) is 2. The van der Waals surface area contributed by atoms with Crippen molar-refractivity contribution in [2.24, 2.45) is 0 Å². The number of aromatic nitrogens is 2. The lowest BCUT2D eigenvalue weighted by atomic mass is 10.4. The van der Waals surface area contributed by atoms with E-state index in [1.165, 1.54) is 0 Å². The number of amides is 2. The summed E-state index contributed by atoms with van der Waals surface area (Å²) in [6.07, 6.45) is 5.41. The highest BCUT2D eigenvalue weighted by Gasteiger charge is 2.07. The topological polar surface area (TPSA) is 289 Å². The van der Waals surface area contributed by atoms with Crippen molar-refractivity contribution in [1.29, 1.82) is 0 Å². The molecule has 0 atom stereocenters. The first kappa shape index (κ1) is 29.1. The number of aromatic amines is 2. The van der Waals surface area contributed by atoms with Crippen LogP contribution in [0.4, 0.5) is 21.0 Å². The third kappa shape index (κ3) is 23.4. The fourth-order valence-electron chi connectivity index (χ4n) is 1.52. The third-order valence-corrected chi connectivity index (χ3v) is 2.46. The summed E-state index contributed by atoms with van der Waals surface area (Å²) < 4.78 is 77.7. The molecule has 32 heavy (non-hydrogen) atoms. The number of ether oxygens (including phenoxy) is 2. The van der Waals surface area contributed by atoms with Gasteiger partial charge in [-0.25, -0.2) is 56.8 Å². The molecule has 0 radical (unpaired) electrons. The molecule has 0 unspecified atom stereocenters. The van der Waals surface area contributed by atoms with Gasteiger partial charge in [0.1, 0.15) is 24.6 Å². The molecule has 0 aromatic carbocycles. The van der Waals surface area contributed by atoms with Crippen molar-refractivity contribution < 1.29 is 86.8 Å². The number of H-pyrrole nitrogens is 2. The van der Waals surface area contributed by atoms with Gasteiger partial charge in [-0.3, -0.25) is 10.6 Å². The summed E-state index contributed by atoms with van der Waals surface area (Å²) in [6, 6.07) is 6.89. The summed E-state index contributed by atoms with van der Waals surface area (Å²) in [6.45, 7) is -0.0898. The van der Waals surface area contributed by atoms with Crippen molar-refractivity contribution in [2.45, 2.75) is 0 Å². The normalized spacial score (nSPS) is 10.4. The number of anilines is 2. The largest absolute Gasteiger partial charge is 0.446 e. The molecule has 178 valence electrons. The van der Waals surface area contributed by atoms with Crippen molar-refractivity contribution in [1.82, 2.24) is 0 Å². The summed E-state index contributed by atoms with van der Waals surface area (Å²) in [4.78, 5) is 28.5. The van der Waals surface area contributed by atoms with E-state index in [-0.39, 0.29) is 13.2 Å². The van der Waals surface area contributed by atoms with Crippen molar-refractivity contribution in [2.75, 3.05) is 23.8 Å². The zero-order chi connectivity index (χ0) is 24.6. The van der Waals surface area contributed by atoms with Crippen LogP contribution in [0.3, 0.4) is 0 Å². The molecule has 0 aliphatic heterocycles. The van der Waals surface area contributed by atoms with Gasteiger partial charge in [-0.05, 0) is 12.1 Å². The van der Waals surface area contributed by atoms with Crippen LogP contribution in [0.5, 0.6) is 0 Å². The van der Waals surface area contributed by atoms with E-state index in [1.807, 2.05) is 0 Å². The maximum Gasteiger partial charge on any atom is 0.411 e. The number of hydrogen-bond acceptors (Lipinski definition) is 12. The van der Waals surface area contributed by atoms with E-state index in [4.69, 9.17) is 46.7 Å². The lowest BCUT2D eigenvalue weighted by Crippen LogP contribution is -2.68. The predicted octanol–water partition coefficient (Wildman–Crippen LogP) is -8.40. The molecule has 18 heteroatoms. The van der Waals surface area contributed by atoms with E-state index < -0.39 is 32.7 Å². The first-order valence-electron chi connectivity index (χ1n) is 7.77. The van der Waals surface area contributed by atoms with Crippen LogP contribution in [0.25, 0.3) is 0 Å². The molecule has 0 aliphatic rings. The number of nitrogens with one attached hydrogen (secondary N) is 4. The summed E-state index contributed by atoms with van der Waals surface area (Å²) in [5.41, 5.74) is 1.15. The lowest BCUT2D eigenvalue weighted by Gasteiger charge is -2.17. The molecule has 16 nitrogen and oxygen atoms in total. The molecule has 2 rings (SSSR count). The molecule has 2 amide bonds. The van der Waals surface area contributed by atoms with Crippen LogP contribution in [0.15, 0.2) is 49.1 Å². The van der Waals surface area contributed by atoms with Gasteiger partial charge in [0.2, 0.25) is 0 Å². The molecule has 4 N–H and O–H groups in total. The second kappa shape index (κ2) is 15.0. The highest BCUT2D eigenvalue weighted by molar-refractivity contribution is 5.84. The Balaban J connectivity index is 0.000000805. The molecule has 0 saturated heterocycles. The third-order valence-electron chi connectivity index (χ3n) is 2.46. The number of halogens is 2. The first-order chi connectivity index (χ1) is 14.7. The zero-order valence-corrected chi connectivity index (χ0v) is 17.2. The van der Waals surface area contributed by atoms with Gasteiger partial charge >= 0.3 is 12.2 Å². The number of carbonyl (C=O) groups excluding carboxylic acids is 2. The van der Waals surface area contributed by atoms with E-state index in [0.717, 1.165) is 0 Å². The number of rotatable bonds is 5. The quantitative estimate of drug-likeness (QED) is 0.360. The van der Waals surface area contributed by atoms with Gasteiger partial charge in [-0.2, -0.15) is 0 Å². The Bertz CT molecular complexity index is 710. The van der Waals surface area contributed by atoms with Crippen LogP contribution in [-0.2, 0) is 9.47 Å². The van der Waals surface area contributed by atoms with E-state index in [1.54, 1.807) is 49.1 Å². The van der Waals surface area contributed by atoms with Crippen LogP contribution in [-0.4, -0.2) is 25.4 Å². The monoisotopic (exact) mass is 502 g/mol. The first-order valence-corrected chi connectivity index (χ1v) is 10.2. The molecule has 0 aliphatic carbocycles.